The number of fused-ring (bicyclic) bond motifs is 1. The van der Waals surface area contributed by atoms with E-state index in [-0.39, 0.29) is 6.03 Å². The van der Waals surface area contributed by atoms with Crippen LogP contribution in [0.15, 0.2) is 30.9 Å². The van der Waals surface area contributed by atoms with Crippen molar-refractivity contribution >= 4 is 6.03 Å². The lowest BCUT2D eigenvalue weighted by Gasteiger charge is -2.24. The maximum Gasteiger partial charge on any atom is 0.318 e. The first kappa shape index (κ1) is 13.4. The average Bonchev–Trinajstić information content (AvgIpc) is 3.03. The Morgan fingerprint density at radius 1 is 1.27 bits per heavy atom. The summed E-state index contributed by atoms with van der Waals surface area (Å²) in [4.78, 5) is 18.7. The summed E-state index contributed by atoms with van der Waals surface area (Å²) in [6, 6.07) is 2.33. The Kier molecular flexibility index (Phi) is 3.32. The predicted molar refractivity (Wildman–Crippen MR) is 79.9 cm³/mol. The number of rotatable bonds is 3. The summed E-state index contributed by atoms with van der Waals surface area (Å²) >= 11 is 0. The molecule has 0 bridgehead atoms. The molecule has 0 radical (unpaired) electrons. The SMILES string of the molecule is O=C(NC1CC1)N1Cc2nccn2C[C@H](Cn2cccn2)C1. The molecule has 7 nitrogen and oxygen atoms in total. The van der Waals surface area contributed by atoms with Gasteiger partial charge in [-0.15, -0.1) is 0 Å². The van der Waals surface area contributed by atoms with Crippen LogP contribution in [-0.2, 0) is 19.6 Å². The molecule has 0 unspecified atom stereocenters. The summed E-state index contributed by atoms with van der Waals surface area (Å²) in [6.07, 6.45) is 9.76. The van der Waals surface area contributed by atoms with Crippen molar-refractivity contribution in [1.82, 2.24) is 29.5 Å². The van der Waals surface area contributed by atoms with E-state index in [2.05, 4.69) is 20.0 Å². The van der Waals surface area contributed by atoms with Gasteiger partial charge in [-0.25, -0.2) is 9.78 Å². The van der Waals surface area contributed by atoms with Crippen LogP contribution in [0.4, 0.5) is 4.79 Å². The van der Waals surface area contributed by atoms with Crippen LogP contribution in [0, 0.1) is 5.92 Å². The molecular formula is C15H20N6O. The second-order valence-electron chi connectivity index (χ2n) is 6.19. The summed E-state index contributed by atoms with van der Waals surface area (Å²) < 4.78 is 4.09. The van der Waals surface area contributed by atoms with Crippen molar-refractivity contribution < 1.29 is 4.79 Å². The number of hydrogen-bond acceptors (Lipinski definition) is 3. The zero-order valence-corrected chi connectivity index (χ0v) is 12.4. The first-order valence-electron chi connectivity index (χ1n) is 7.81. The third kappa shape index (κ3) is 2.84. The van der Waals surface area contributed by atoms with Crippen molar-refractivity contribution in [1.29, 1.82) is 0 Å². The fraction of sp³-hybridized carbons (Fsp3) is 0.533. The molecule has 0 saturated heterocycles. The van der Waals surface area contributed by atoms with E-state index in [0.29, 0.717) is 18.5 Å². The van der Waals surface area contributed by atoms with Crippen molar-refractivity contribution in [2.75, 3.05) is 6.54 Å². The maximum absolute atomic E-state index is 12.4. The van der Waals surface area contributed by atoms with E-state index < -0.39 is 0 Å². The fourth-order valence-corrected chi connectivity index (χ4v) is 2.98. The minimum Gasteiger partial charge on any atom is -0.335 e. The molecule has 1 aliphatic heterocycles. The number of imidazole rings is 1. The van der Waals surface area contributed by atoms with Crippen LogP contribution < -0.4 is 5.32 Å². The second kappa shape index (κ2) is 5.47. The number of carbonyl (C=O) groups is 1. The Labute approximate surface area is 128 Å². The molecule has 116 valence electrons. The number of hydrogen-bond donors (Lipinski definition) is 1. The fourth-order valence-electron chi connectivity index (χ4n) is 2.98. The van der Waals surface area contributed by atoms with Gasteiger partial charge in [0, 0.05) is 56.4 Å². The molecule has 2 aromatic rings. The van der Waals surface area contributed by atoms with E-state index in [0.717, 1.165) is 38.3 Å². The van der Waals surface area contributed by atoms with Gasteiger partial charge in [0.1, 0.15) is 5.82 Å². The minimum atomic E-state index is 0.0319. The summed E-state index contributed by atoms with van der Waals surface area (Å²) in [5.74, 6) is 1.27. The maximum atomic E-state index is 12.4. The number of carbonyl (C=O) groups excluding carboxylic acids is 1. The standard InChI is InChI=1S/C15H20N6O/c22-15(18-13-2-3-13)20-9-12(10-21-6-1-4-17-21)8-19-7-5-16-14(19)11-20/h1,4-7,12-13H,2-3,8-11H2,(H,18,22)/t12-/m0/s1. The molecule has 2 amide bonds. The van der Waals surface area contributed by atoms with Gasteiger partial charge in [-0.1, -0.05) is 0 Å². The van der Waals surface area contributed by atoms with Gasteiger partial charge in [-0.3, -0.25) is 4.68 Å². The van der Waals surface area contributed by atoms with Crippen LogP contribution in [-0.4, -0.2) is 42.8 Å². The van der Waals surface area contributed by atoms with Crippen LogP contribution in [0.1, 0.15) is 18.7 Å². The van der Waals surface area contributed by atoms with Crippen LogP contribution in [0.2, 0.25) is 0 Å². The highest BCUT2D eigenvalue weighted by Gasteiger charge is 2.30. The lowest BCUT2D eigenvalue weighted by Crippen LogP contribution is -2.43. The van der Waals surface area contributed by atoms with Crippen molar-refractivity contribution in [3.63, 3.8) is 0 Å². The number of aromatic nitrogens is 4. The minimum absolute atomic E-state index is 0.0319. The molecule has 7 heteroatoms. The Hall–Kier alpha value is -2.31. The lowest BCUT2D eigenvalue weighted by atomic mass is 10.1. The Bertz CT molecular complexity index is 645. The van der Waals surface area contributed by atoms with Gasteiger partial charge in [-0.05, 0) is 18.9 Å². The number of urea groups is 1. The zero-order valence-electron chi connectivity index (χ0n) is 12.4. The third-order valence-electron chi connectivity index (χ3n) is 4.26. The molecule has 4 rings (SSSR count). The smallest absolute Gasteiger partial charge is 0.318 e. The van der Waals surface area contributed by atoms with Gasteiger partial charge >= 0.3 is 6.03 Å². The number of nitrogens with zero attached hydrogens (tertiary/aromatic N) is 5. The quantitative estimate of drug-likeness (QED) is 0.922. The van der Waals surface area contributed by atoms with Crippen LogP contribution in [0.5, 0.6) is 0 Å². The molecule has 2 aromatic heterocycles. The van der Waals surface area contributed by atoms with Crippen molar-refractivity contribution in [3.05, 3.63) is 36.7 Å². The largest absolute Gasteiger partial charge is 0.335 e. The van der Waals surface area contributed by atoms with Crippen LogP contribution >= 0.6 is 0 Å². The molecule has 0 aromatic carbocycles. The van der Waals surface area contributed by atoms with Crippen molar-refractivity contribution in [2.45, 2.75) is 38.5 Å². The molecule has 1 atom stereocenters. The van der Waals surface area contributed by atoms with E-state index in [9.17, 15) is 4.79 Å². The van der Waals surface area contributed by atoms with Gasteiger partial charge in [0.05, 0.1) is 6.54 Å². The number of amides is 2. The third-order valence-corrected chi connectivity index (χ3v) is 4.26. The monoisotopic (exact) mass is 300 g/mol. The number of nitrogens with one attached hydrogen (secondary N) is 1. The molecule has 2 aliphatic rings. The highest BCUT2D eigenvalue weighted by molar-refractivity contribution is 5.74. The first-order valence-corrected chi connectivity index (χ1v) is 7.81. The topological polar surface area (TPSA) is 68.0 Å². The van der Waals surface area contributed by atoms with E-state index >= 15 is 0 Å². The van der Waals surface area contributed by atoms with E-state index in [1.807, 2.05) is 34.2 Å². The van der Waals surface area contributed by atoms with E-state index in [1.54, 1.807) is 6.20 Å². The summed E-state index contributed by atoms with van der Waals surface area (Å²) in [5, 5.41) is 7.37. The molecule has 1 N–H and O–H groups in total. The highest BCUT2D eigenvalue weighted by atomic mass is 16.2. The molecular weight excluding hydrogens is 280 g/mol. The highest BCUT2D eigenvalue weighted by Crippen LogP contribution is 2.21. The van der Waals surface area contributed by atoms with Gasteiger partial charge in [0.15, 0.2) is 0 Å². The molecule has 1 aliphatic carbocycles. The normalized spacial score (nSPS) is 21.3. The Morgan fingerprint density at radius 2 is 2.18 bits per heavy atom. The summed E-state index contributed by atoms with van der Waals surface area (Å²) in [6.45, 7) is 2.96. The first-order chi connectivity index (χ1) is 10.8. The van der Waals surface area contributed by atoms with Crippen LogP contribution in [0.3, 0.4) is 0 Å². The Morgan fingerprint density at radius 3 is 2.95 bits per heavy atom. The zero-order chi connectivity index (χ0) is 14.9. The second-order valence-corrected chi connectivity index (χ2v) is 6.19. The molecule has 22 heavy (non-hydrogen) atoms. The van der Waals surface area contributed by atoms with Gasteiger partial charge in [0.2, 0.25) is 0 Å². The molecule has 0 spiro atoms. The molecule has 1 saturated carbocycles. The van der Waals surface area contributed by atoms with Crippen LogP contribution in [0.25, 0.3) is 0 Å². The van der Waals surface area contributed by atoms with E-state index in [1.165, 1.54) is 0 Å². The molecule has 3 heterocycles. The Balaban J connectivity index is 1.52. The molecule has 1 fully saturated rings. The predicted octanol–water partition coefficient (Wildman–Crippen LogP) is 1.08. The van der Waals surface area contributed by atoms with Gasteiger partial charge in [0.25, 0.3) is 0 Å². The summed E-state index contributed by atoms with van der Waals surface area (Å²) in [7, 11) is 0. The van der Waals surface area contributed by atoms with Gasteiger partial charge < -0.3 is 14.8 Å². The van der Waals surface area contributed by atoms with Gasteiger partial charge in [-0.2, -0.15) is 5.10 Å². The van der Waals surface area contributed by atoms with E-state index in [4.69, 9.17) is 0 Å². The van der Waals surface area contributed by atoms with Crippen molar-refractivity contribution in [2.24, 2.45) is 5.92 Å². The summed E-state index contributed by atoms with van der Waals surface area (Å²) in [5.41, 5.74) is 0. The lowest BCUT2D eigenvalue weighted by molar-refractivity contribution is 0.181. The van der Waals surface area contributed by atoms with Crippen molar-refractivity contribution in [3.8, 4) is 0 Å². The average molecular weight is 300 g/mol.